The summed E-state index contributed by atoms with van der Waals surface area (Å²) < 4.78 is 1.78. The lowest BCUT2D eigenvalue weighted by Gasteiger charge is -2.30. The van der Waals surface area contributed by atoms with Crippen LogP contribution >= 0.6 is 11.3 Å². The molecule has 146 valence electrons. The van der Waals surface area contributed by atoms with Gasteiger partial charge in [-0.15, -0.1) is 11.3 Å². The van der Waals surface area contributed by atoms with Gasteiger partial charge in [0.25, 0.3) is 5.91 Å². The fraction of sp³-hybridized carbons (Fsp3) is 0.632. The first-order chi connectivity index (χ1) is 12.9. The van der Waals surface area contributed by atoms with Crippen molar-refractivity contribution in [2.24, 2.45) is 18.9 Å². The molecule has 27 heavy (non-hydrogen) atoms. The topological polar surface area (TPSA) is 87.5 Å². The first-order valence-electron chi connectivity index (χ1n) is 9.63. The number of carbonyl (C=O) groups is 2. The molecular weight excluding hydrogens is 364 g/mol. The minimum atomic E-state index is -0.342. The van der Waals surface area contributed by atoms with E-state index in [1.54, 1.807) is 4.68 Å². The Hall–Kier alpha value is -1.93. The molecule has 4 rings (SSSR count). The molecule has 1 aliphatic heterocycles. The number of aryl methyl sites for hydroxylation is 1. The number of nitrogens with one attached hydrogen (secondary N) is 1. The van der Waals surface area contributed by atoms with Crippen molar-refractivity contribution in [3.05, 3.63) is 16.6 Å². The number of hydrogen-bond acceptors (Lipinski definition) is 5. The number of hydrogen-bond donors (Lipinski definition) is 2. The molecule has 2 fully saturated rings. The number of rotatable bonds is 4. The first kappa shape index (κ1) is 18.4. The molecule has 1 saturated carbocycles. The SMILES string of the molecule is CC1CCN(C(=O)c2cc3c(CNC(=O)C4CC(O)C4)nn(C)c3s2)CC1. The third-order valence-corrected chi connectivity index (χ3v) is 6.97. The standard InChI is InChI=1S/C19H26N4O3S/c1-11-3-5-23(6-4-11)18(26)16-9-14-15(21-22(2)19(14)27-16)10-20-17(25)12-7-13(24)8-12/h9,11-13,24H,3-8,10H2,1-2H3,(H,20,25). The van der Waals surface area contributed by atoms with Gasteiger partial charge in [-0.25, -0.2) is 0 Å². The van der Waals surface area contributed by atoms with Gasteiger partial charge in [0.1, 0.15) is 4.83 Å². The summed E-state index contributed by atoms with van der Waals surface area (Å²) in [4.78, 5) is 28.6. The minimum Gasteiger partial charge on any atom is -0.393 e. The van der Waals surface area contributed by atoms with Crippen molar-refractivity contribution in [3.8, 4) is 0 Å². The Bertz CT molecular complexity index is 860. The highest BCUT2D eigenvalue weighted by Crippen LogP contribution is 2.31. The molecule has 1 saturated heterocycles. The summed E-state index contributed by atoms with van der Waals surface area (Å²) in [5, 5.41) is 17.7. The second kappa shape index (κ2) is 7.24. The second-order valence-electron chi connectivity index (χ2n) is 7.91. The summed E-state index contributed by atoms with van der Waals surface area (Å²) in [6, 6.07) is 1.92. The quantitative estimate of drug-likeness (QED) is 0.835. The van der Waals surface area contributed by atoms with Crippen LogP contribution in [-0.2, 0) is 18.4 Å². The highest BCUT2D eigenvalue weighted by atomic mass is 32.1. The summed E-state index contributed by atoms with van der Waals surface area (Å²) in [5.41, 5.74) is 0.781. The predicted octanol–water partition coefficient (Wildman–Crippen LogP) is 1.89. The predicted molar refractivity (Wildman–Crippen MR) is 103 cm³/mol. The number of fused-ring (bicyclic) bond motifs is 1. The van der Waals surface area contributed by atoms with Crippen LogP contribution in [0.3, 0.4) is 0 Å². The zero-order chi connectivity index (χ0) is 19.1. The maximum atomic E-state index is 12.8. The second-order valence-corrected chi connectivity index (χ2v) is 8.95. The van der Waals surface area contributed by atoms with E-state index in [1.165, 1.54) is 11.3 Å². The maximum Gasteiger partial charge on any atom is 0.264 e. The lowest BCUT2D eigenvalue weighted by atomic mass is 9.82. The van der Waals surface area contributed by atoms with Crippen LogP contribution in [0.5, 0.6) is 0 Å². The van der Waals surface area contributed by atoms with Crippen LogP contribution in [-0.4, -0.2) is 50.8 Å². The molecule has 2 aromatic heterocycles. The van der Waals surface area contributed by atoms with E-state index in [0.29, 0.717) is 25.3 Å². The maximum absolute atomic E-state index is 12.8. The van der Waals surface area contributed by atoms with Crippen LogP contribution in [0.1, 0.15) is 48.0 Å². The fourth-order valence-corrected chi connectivity index (χ4v) is 4.89. The largest absolute Gasteiger partial charge is 0.393 e. The molecule has 2 aliphatic rings. The van der Waals surface area contributed by atoms with E-state index in [-0.39, 0.29) is 23.8 Å². The van der Waals surface area contributed by atoms with E-state index in [2.05, 4.69) is 17.3 Å². The average Bonchev–Trinajstić information content (AvgIpc) is 3.18. The van der Waals surface area contributed by atoms with E-state index in [4.69, 9.17) is 0 Å². The number of aromatic nitrogens is 2. The molecule has 2 N–H and O–H groups in total. The van der Waals surface area contributed by atoms with Crippen LogP contribution in [0.25, 0.3) is 10.2 Å². The van der Waals surface area contributed by atoms with Crippen LogP contribution in [0.2, 0.25) is 0 Å². The van der Waals surface area contributed by atoms with Crippen molar-refractivity contribution in [3.63, 3.8) is 0 Å². The Labute approximate surface area is 162 Å². The first-order valence-corrected chi connectivity index (χ1v) is 10.4. The van der Waals surface area contributed by atoms with Crippen molar-refractivity contribution in [1.82, 2.24) is 20.0 Å². The fourth-order valence-electron chi connectivity index (χ4n) is 3.83. The normalized spacial score (nSPS) is 23.4. The molecule has 8 heteroatoms. The van der Waals surface area contributed by atoms with E-state index in [9.17, 15) is 14.7 Å². The number of thiophene rings is 1. The number of carbonyl (C=O) groups excluding carboxylic acids is 2. The molecule has 0 radical (unpaired) electrons. The molecular formula is C19H26N4O3S. The van der Waals surface area contributed by atoms with Gasteiger partial charge in [0, 0.05) is 31.4 Å². The Balaban J connectivity index is 1.46. The molecule has 7 nitrogen and oxygen atoms in total. The molecule has 2 aromatic rings. The monoisotopic (exact) mass is 390 g/mol. The van der Waals surface area contributed by atoms with Crippen molar-refractivity contribution >= 4 is 33.4 Å². The summed E-state index contributed by atoms with van der Waals surface area (Å²) in [5.74, 6) is 0.655. The molecule has 0 bridgehead atoms. The van der Waals surface area contributed by atoms with Crippen LogP contribution in [0.4, 0.5) is 0 Å². The number of likely N-dealkylation sites (tertiary alicyclic amines) is 1. The van der Waals surface area contributed by atoms with Crippen molar-refractivity contribution in [2.75, 3.05) is 13.1 Å². The molecule has 1 aliphatic carbocycles. The lowest BCUT2D eigenvalue weighted by molar-refractivity contribution is -0.131. The summed E-state index contributed by atoms with van der Waals surface area (Å²) in [6.07, 6.45) is 2.85. The highest BCUT2D eigenvalue weighted by molar-refractivity contribution is 7.20. The van der Waals surface area contributed by atoms with Gasteiger partial charge in [-0.2, -0.15) is 5.10 Å². The third-order valence-electron chi connectivity index (χ3n) is 5.78. The van der Waals surface area contributed by atoms with E-state index in [1.807, 2.05) is 18.0 Å². The highest BCUT2D eigenvalue weighted by Gasteiger charge is 2.33. The van der Waals surface area contributed by atoms with Crippen LogP contribution in [0, 0.1) is 11.8 Å². The number of amides is 2. The van der Waals surface area contributed by atoms with E-state index >= 15 is 0 Å². The minimum absolute atomic E-state index is 0.0342. The molecule has 0 unspecified atom stereocenters. The summed E-state index contributed by atoms with van der Waals surface area (Å²) >= 11 is 1.47. The molecule has 0 spiro atoms. The molecule has 2 amide bonds. The summed E-state index contributed by atoms with van der Waals surface area (Å²) in [6.45, 7) is 4.22. The smallest absolute Gasteiger partial charge is 0.264 e. The van der Waals surface area contributed by atoms with Gasteiger partial charge in [0.15, 0.2) is 0 Å². The zero-order valence-electron chi connectivity index (χ0n) is 15.8. The van der Waals surface area contributed by atoms with Gasteiger partial charge in [0.2, 0.25) is 5.91 Å². The van der Waals surface area contributed by atoms with Crippen molar-refractivity contribution < 1.29 is 14.7 Å². The van der Waals surface area contributed by atoms with Crippen LogP contribution in [0.15, 0.2) is 6.07 Å². The third kappa shape index (κ3) is 3.60. The zero-order valence-corrected chi connectivity index (χ0v) is 16.6. The Morgan fingerprint density at radius 3 is 2.70 bits per heavy atom. The van der Waals surface area contributed by atoms with Gasteiger partial charge in [-0.1, -0.05) is 6.92 Å². The van der Waals surface area contributed by atoms with Gasteiger partial charge < -0.3 is 15.3 Å². The lowest BCUT2D eigenvalue weighted by Crippen LogP contribution is -2.40. The van der Waals surface area contributed by atoms with Crippen LogP contribution < -0.4 is 5.32 Å². The Morgan fingerprint density at radius 1 is 1.33 bits per heavy atom. The van der Waals surface area contributed by atoms with Crippen molar-refractivity contribution in [1.29, 1.82) is 0 Å². The molecule has 0 aromatic carbocycles. The van der Waals surface area contributed by atoms with Gasteiger partial charge in [0.05, 0.1) is 23.2 Å². The summed E-state index contributed by atoms with van der Waals surface area (Å²) in [7, 11) is 1.86. The number of aliphatic hydroxyl groups excluding tert-OH is 1. The van der Waals surface area contributed by atoms with Gasteiger partial charge in [-0.3, -0.25) is 14.3 Å². The molecule has 0 atom stereocenters. The average molecular weight is 391 g/mol. The molecule has 3 heterocycles. The Kier molecular flexibility index (Phi) is 4.94. The Morgan fingerprint density at radius 2 is 2.04 bits per heavy atom. The van der Waals surface area contributed by atoms with E-state index < -0.39 is 0 Å². The number of aliphatic hydroxyl groups is 1. The number of nitrogens with zero attached hydrogens (tertiary/aromatic N) is 3. The van der Waals surface area contributed by atoms with E-state index in [0.717, 1.165) is 46.7 Å². The number of piperidine rings is 1. The van der Waals surface area contributed by atoms with Gasteiger partial charge >= 0.3 is 0 Å². The van der Waals surface area contributed by atoms with Gasteiger partial charge in [-0.05, 0) is 37.7 Å². The van der Waals surface area contributed by atoms with Crippen molar-refractivity contribution in [2.45, 2.75) is 45.3 Å².